The van der Waals surface area contributed by atoms with Crippen molar-refractivity contribution in [2.45, 2.75) is 26.7 Å². The highest BCUT2D eigenvalue weighted by Gasteiger charge is 2.10. The fraction of sp³-hybridized carbons (Fsp3) is 0.250. The third kappa shape index (κ3) is 2.42. The lowest BCUT2D eigenvalue weighted by molar-refractivity contribution is 0.602. The van der Waals surface area contributed by atoms with Crippen molar-refractivity contribution >= 4 is 10.8 Å². The molecule has 0 bridgehead atoms. The lowest BCUT2D eigenvalue weighted by atomic mass is 10.0. The summed E-state index contributed by atoms with van der Waals surface area (Å²) in [6, 6.07) is 6.77. The van der Waals surface area contributed by atoms with E-state index in [0.717, 1.165) is 18.4 Å². The summed E-state index contributed by atoms with van der Waals surface area (Å²) in [4.78, 5) is 0. The largest absolute Gasteiger partial charge is 0.206 e. The SMILES string of the molecule is C/C=C/CCc1cc(F)c2c(F)c(C)ccc2c1. The van der Waals surface area contributed by atoms with Gasteiger partial charge in [0.2, 0.25) is 0 Å². The van der Waals surface area contributed by atoms with E-state index in [4.69, 9.17) is 0 Å². The van der Waals surface area contributed by atoms with Crippen LogP contribution in [0.2, 0.25) is 0 Å². The smallest absolute Gasteiger partial charge is 0.136 e. The Morgan fingerprint density at radius 1 is 1.17 bits per heavy atom. The van der Waals surface area contributed by atoms with E-state index < -0.39 is 11.6 Å². The van der Waals surface area contributed by atoms with E-state index in [2.05, 4.69) is 0 Å². The standard InChI is InChI=1S/C16H16F2/c1-3-4-5-6-12-9-13-8-7-11(2)16(18)15(13)14(17)10-12/h3-4,7-10H,5-6H2,1-2H3/b4-3+. The lowest BCUT2D eigenvalue weighted by Crippen LogP contribution is -1.92. The molecule has 18 heavy (non-hydrogen) atoms. The van der Waals surface area contributed by atoms with Crippen molar-refractivity contribution in [3.63, 3.8) is 0 Å². The van der Waals surface area contributed by atoms with Crippen molar-refractivity contribution in [2.75, 3.05) is 0 Å². The second-order valence-electron chi connectivity index (χ2n) is 4.48. The number of rotatable bonds is 3. The maximum atomic E-state index is 13.9. The van der Waals surface area contributed by atoms with Gasteiger partial charge in [0.05, 0.1) is 5.39 Å². The number of hydrogen-bond acceptors (Lipinski definition) is 0. The van der Waals surface area contributed by atoms with Crippen molar-refractivity contribution in [1.82, 2.24) is 0 Å². The fourth-order valence-electron chi connectivity index (χ4n) is 2.10. The van der Waals surface area contributed by atoms with Crippen LogP contribution >= 0.6 is 0 Å². The summed E-state index contributed by atoms with van der Waals surface area (Å²) in [6.07, 6.45) is 5.65. The molecule has 0 atom stereocenters. The summed E-state index contributed by atoms with van der Waals surface area (Å²) < 4.78 is 27.8. The summed E-state index contributed by atoms with van der Waals surface area (Å²) in [7, 11) is 0. The maximum Gasteiger partial charge on any atom is 0.136 e. The van der Waals surface area contributed by atoms with E-state index in [1.54, 1.807) is 19.1 Å². The van der Waals surface area contributed by atoms with Gasteiger partial charge in [0.25, 0.3) is 0 Å². The molecular formula is C16H16F2. The molecule has 0 aliphatic carbocycles. The highest BCUT2D eigenvalue weighted by molar-refractivity contribution is 5.85. The number of aryl methyl sites for hydroxylation is 2. The zero-order valence-corrected chi connectivity index (χ0v) is 10.6. The van der Waals surface area contributed by atoms with Crippen molar-refractivity contribution in [3.8, 4) is 0 Å². The number of halogens is 2. The first-order valence-electron chi connectivity index (χ1n) is 6.12. The average molecular weight is 246 g/mol. The minimum absolute atomic E-state index is 0.102. The summed E-state index contributed by atoms with van der Waals surface area (Å²) in [5.41, 5.74) is 1.38. The molecule has 2 rings (SSSR count). The quantitative estimate of drug-likeness (QED) is 0.673. The van der Waals surface area contributed by atoms with Gasteiger partial charge in [0, 0.05) is 0 Å². The Morgan fingerprint density at radius 2 is 1.94 bits per heavy atom. The number of benzene rings is 2. The zero-order chi connectivity index (χ0) is 13.1. The van der Waals surface area contributed by atoms with Gasteiger partial charge in [-0.05, 0) is 49.3 Å². The molecule has 0 nitrogen and oxygen atoms in total. The number of allylic oxidation sites excluding steroid dienone is 2. The summed E-state index contributed by atoms with van der Waals surface area (Å²) in [5.74, 6) is -0.922. The van der Waals surface area contributed by atoms with Crippen molar-refractivity contribution < 1.29 is 8.78 Å². The number of fused-ring (bicyclic) bond motifs is 1. The average Bonchev–Trinajstić information content (AvgIpc) is 2.34. The molecule has 0 aromatic heterocycles. The van der Waals surface area contributed by atoms with Crippen LogP contribution < -0.4 is 0 Å². The van der Waals surface area contributed by atoms with Crippen LogP contribution in [0.4, 0.5) is 8.78 Å². The predicted molar refractivity (Wildman–Crippen MR) is 71.7 cm³/mol. The van der Waals surface area contributed by atoms with Gasteiger partial charge in [-0.1, -0.05) is 30.4 Å². The van der Waals surface area contributed by atoms with Crippen LogP contribution in [0.3, 0.4) is 0 Å². The minimum Gasteiger partial charge on any atom is -0.206 e. The molecule has 2 aromatic rings. The van der Waals surface area contributed by atoms with E-state index in [9.17, 15) is 8.78 Å². The van der Waals surface area contributed by atoms with Crippen LogP contribution in [0.15, 0.2) is 36.4 Å². The van der Waals surface area contributed by atoms with Crippen LogP contribution in [0.1, 0.15) is 24.5 Å². The second kappa shape index (κ2) is 5.30. The van der Waals surface area contributed by atoms with E-state index in [1.807, 2.05) is 25.1 Å². The van der Waals surface area contributed by atoms with Crippen molar-refractivity contribution in [1.29, 1.82) is 0 Å². The molecule has 0 saturated heterocycles. The zero-order valence-electron chi connectivity index (χ0n) is 10.6. The fourth-order valence-corrected chi connectivity index (χ4v) is 2.10. The van der Waals surface area contributed by atoms with E-state index >= 15 is 0 Å². The molecule has 0 radical (unpaired) electrons. The van der Waals surface area contributed by atoms with Crippen LogP contribution in [0.5, 0.6) is 0 Å². The monoisotopic (exact) mass is 246 g/mol. The molecule has 0 heterocycles. The number of hydrogen-bond donors (Lipinski definition) is 0. The Kier molecular flexibility index (Phi) is 3.75. The molecule has 0 spiro atoms. The normalized spacial score (nSPS) is 11.6. The van der Waals surface area contributed by atoms with E-state index in [1.165, 1.54) is 6.07 Å². The topological polar surface area (TPSA) is 0 Å². The molecule has 2 heteroatoms. The first kappa shape index (κ1) is 12.7. The van der Waals surface area contributed by atoms with Gasteiger partial charge in [-0.2, -0.15) is 0 Å². The highest BCUT2D eigenvalue weighted by Crippen LogP contribution is 2.25. The molecule has 0 aliphatic rings. The molecule has 2 aromatic carbocycles. The van der Waals surface area contributed by atoms with Gasteiger partial charge >= 0.3 is 0 Å². The third-order valence-electron chi connectivity index (χ3n) is 3.09. The summed E-state index contributed by atoms with van der Waals surface area (Å²) >= 11 is 0. The maximum absolute atomic E-state index is 13.9. The molecular weight excluding hydrogens is 230 g/mol. The van der Waals surface area contributed by atoms with Crippen molar-refractivity contribution in [3.05, 3.63) is 59.2 Å². The van der Waals surface area contributed by atoms with Gasteiger partial charge in [-0.15, -0.1) is 0 Å². The van der Waals surface area contributed by atoms with Crippen LogP contribution in [-0.2, 0) is 6.42 Å². The van der Waals surface area contributed by atoms with E-state index in [0.29, 0.717) is 10.9 Å². The van der Waals surface area contributed by atoms with Crippen LogP contribution in [-0.4, -0.2) is 0 Å². The second-order valence-corrected chi connectivity index (χ2v) is 4.48. The Labute approximate surface area is 106 Å². The van der Waals surface area contributed by atoms with E-state index in [-0.39, 0.29) is 5.39 Å². The van der Waals surface area contributed by atoms with Crippen LogP contribution in [0.25, 0.3) is 10.8 Å². The van der Waals surface area contributed by atoms with Gasteiger partial charge in [0.1, 0.15) is 11.6 Å². The Morgan fingerprint density at radius 3 is 2.67 bits per heavy atom. The molecule has 0 unspecified atom stereocenters. The molecule has 0 saturated carbocycles. The molecule has 0 aliphatic heterocycles. The van der Waals surface area contributed by atoms with Gasteiger partial charge in [-0.25, -0.2) is 8.78 Å². The first-order chi connectivity index (χ1) is 8.63. The molecule has 0 N–H and O–H groups in total. The summed E-state index contributed by atoms with van der Waals surface area (Å²) in [6.45, 7) is 3.60. The van der Waals surface area contributed by atoms with Gasteiger partial charge in [-0.3, -0.25) is 0 Å². The molecule has 0 amide bonds. The Hall–Kier alpha value is -1.70. The summed E-state index contributed by atoms with van der Waals surface area (Å²) in [5, 5.41) is 0.735. The molecule has 94 valence electrons. The highest BCUT2D eigenvalue weighted by atomic mass is 19.1. The first-order valence-corrected chi connectivity index (χ1v) is 6.12. The Bertz CT molecular complexity index is 598. The minimum atomic E-state index is -0.468. The molecule has 0 fully saturated rings. The van der Waals surface area contributed by atoms with Gasteiger partial charge < -0.3 is 0 Å². The Balaban J connectivity index is 2.47. The van der Waals surface area contributed by atoms with Gasteiger partial charge in [0.15, 0.2) is 0 Å². The predicted octanol–water partition coefficient (Wildman–Crippen LogP) is 4.94. The third-order valence-corrected chi connectivity index (χ3v) is 3.09. The van der Waals surface area contributed by atoms with Crippen molar-refractivity contribution in [2.24, 2.45) is 0 Å². The lowest BCUT2D eigenvalue weighted by Gasteiger charge is -2.07. The van der Waals surface area contributed by atoms with Crippen LogP contribution in [0, 0.1) is 18.6 Å².